The Morgan fingerprint density at radius 2 is 2.03 bits per heavy atom. The molecular formula is C21H16BrI2N3O2. The molecule has 0 aliphatic carbocycles. The van der Waals surface area contributed by atoms with E-state index >= 15 is 0 Å². The Morgan fingerprint density at radius 3 is 2.69 bits per heavy atom. The molecule has 0 spiro atoms. The molecule has 0 unspecified atom stereocenters. The maximum Gasteiger partial charge on any atom is 0.282 e. The lowest BCUT2D eigenvalue weighted by molar-refractivity contribution is 0.365. The summed E-state index contributed by atoms with van der Waals surface area (Å²) in [6.45, 7) is 2.26. The predicted octanol–water partition coefficient (Wildman–Crippen LogP) is 5.21. The Kier molecular flexibility index (Phi) is 7.70. The van der Waals surface area contributed by atoms with Gasteiger partial charge in [-0.25, -0.2) is 4.98 Å². The van der Waals surface area contributed by atoms with Gasteiger partial charge in [0, 0.05) is 10.9 Å². The van der Waals surface area contributed by atoms with E-state index in [1.54, 1.807) is 12.3 Å². The fourth-order valence-corrected chi connectivity index (χ4v) is 5.22. The fraction of sp³-hybridized carbons (Fsp3) is 0.190. The topological polar surface area (TPSA) is 56.5 Å². The number of terminal acetylenes is 1. The number of rotatable bonds is 6. The van der Waals surface area contributed by atoms with Gasteiger partial charge in [-0.2, -0.15) is 9.78 Å². The van der Waals surface area contributed by atoms with E-state index in [4.69, 9.17) is 11.2 Å². The van der Waals surface area contributed by atoms with Gasteiger partial charge in [0.25, 0.3) is 5.56 Å². The van der Waals surface area contributed by atoms with E-state index in [2.05, 4.69) is 77.1 Å². The number of benzene rings is 2. The second-order valence-corrected chi connectivity index (χ2v) is 9.35. The molecule has 5 nitrogen and oxygen atoms in total. The molecular weight excluding hydrogens is 660 g/mol. The van der Waals surface area contributed by atoms with Crippen molar-refractivity contribution in [2.24, 2.45) is 5.10 Å². The average Bonchev–Trinajstić information content (AvgIpc) is 2.68. The number of halogens is 3. The summed E-state index contributed by atoms with van der Waals surface area (Å²) in [4.78, 5) is 17.7. The monoisotopic (exact) mass is 675 g/mol. The van der Waals surface area contributed by atoms with Crippen LogP contribution in [0, 0.1) is 19.5 Å². The Labute approximate surface area is 204 Å². The van der Waals surface area contributed by atoms with Gasteiger partial charge in [0.15, 0.2) is 0 Å². The van der Waals surface area contributed by atoms with Gasteiger partial charge in [0.05, 0.1) is 24.3 Å². The summed E-state index contributed by atoms with van der Waals surface area (Å²) >= 11 is 7.82. The van der Waals surface area contributed by atoms with E-state index in [0.717, 1.165) is 29.3 Å². The molecule has 2 aromatic carbocycles. The van der Waals surface area contributed by atoms with Gasteiger partial charge in [-0.1, -0.05) is 28.8 Å². The molecule has 0 N–H and O–H groups in total. The fourth-order valence-electron chi connectivity index (χ4n) is 2.73. The summed E-state index contributed by atoms with van der Waals surface area (Å²) in [6, 6.07) is 9.37. The lowest BCUT2D eigenvalue weighted by Crippen LogP contribution is -2.22. The number of nitrogens with zero attached hydrogens (tertiary/aromatic N) is 3. The van der Waals surface area contributed by atoms with Crippen LogP contribution in [0.15, 0.2) is 44.7 Å². The van der Waals surface area contributed by atoms with Gasteiger partial charge >= 0.3 is 0 Å². The summed E-state index contributed by atoms with van der Waals surface area (Å²) in [6.07, 6.45) is 8.47. The van der Waals surface area contributed by atoms with Gasteiger partial charge in [0.2, 0.25) is 0 Å². The second-order valence-electron chi connectivity index (χ2n) is 6.11. The highest BCUT2D eigenvalue weighted by molar-refractivity contribution is 14.1. The maximum atomic E-state index is 13.1. The van der Waals surface area contributed by atoms with Gasteiger partial charge in [-0.05, 0) is 87.5 Å². The maximum absolute atomic E-state index is 13.1. The quantitative estimate of drug-likeness (QED) is 0.205. The predicted molar refractivity (Wildman–Crippen MR) is 137 cm³/mol. The highest BCUT2D eigenvalue weighted by Crippen LogP contribution is 2.28. The SMILES string of the molecule is C#CCOc1c(I)cc(C=Nn2c(CCC)nc3ccc(Br)cc3c2=O)cc1I. The van der Waals surface area contributed by atoms with Gasteiger partial charge in [0.1, 0.15) is 18.2 Å². The van der Waals surface area contributed by atoms with Crippen molar-refractivity contribution < 1.29 is 4.74 Å². The molecule has 0 amide bonds. The van der Waals surface area contributed by atoms with E-state index < -0.39 is 0 Å². The van der Waals surface area contributed by atoms with E-state index in [1.165, 1.54) is 4.68 Å². The Hall–Kier alpha value is -1.45. The zero-order valence-electron chi connectivity index (χ0n) is 15.5. The van der Waals surface area contributed by atoms with Crippen LogP contribution in [0.1, 0.15) is 24.7 Å². The normalized spacial score (nSPS) is 11.1. The molecule has 3 aromatic rings. The first kappa shape index (κ1) is 22.2. The molecule has 0 radical (unpaired) electrons. The highest BCUT2D eigenvalue weighted by atomic mass is 127. The largest absolute Gasteiger partial charge is 0.479 e. The molecule has 0 saturated heterocycles. The Morgan fingerprint density at radius 1 is 1.31 bits per heavy atom. The number of aromatic nitrogens is 2. The Balaban J connectivity index is 2.06. The third-order valence-electron chi connectivity index (χ3n) is 3.99. The summed E-state index contributed by atoms with van der Waals surface area (Å²) in [5.74, 6) is 3.86. The molecule has 0 aliphatic heterocycles. The van der Waals surface area contributed by atoms with Crippen molar-refractivity contribution in [3.8, 4) is 18.1 Å². The summed E-state index contributed by atoms with van der Waals surface area (Å²) in [5.41, 5.74) is 1.34. The van der Waals surface area contributed by atoms with Crippen molar-refractivity contribution in [1.29, 1.82) is 0 Å². The lowest BCUT2D eigenvalue weighted by atomic mass is 10.2. The van der Waals surface area contributed by atoms with Crippen LogP contribution in [-0.2, 0) is 6.42 Å². The smallest absolute Gasteiger partial charge is 0.282 e. The van der Waals surface area contributed by atoms with Gasteiger partial charge in [-0.3, -0.25) is 4.79 Å². The van der Waals surface area contributed by atoms with Crippen LogP contribution in [0.25, 0.3) is 10.9 Å². The van der Waals surface area contributed by atoms with Crippen LogP contribution in [0.5, 0.6) is 5.75 Å². The van der Waals surface area contributed by atoms with Crippen LogP contribution in [-0.4, -0.2) is 22.5 Å². The average molecular weight is 676 g/mol. The van der Waals surface area contributed by atoms with Crippen molar-refractivity contribution in [3.63, 3.8) is 0 Å². The molecule has 8 heteroatoms. The number of hydrogen-bond acceptors (Lipinski definition) is 4. The second kappa shape index (κ2) is 10.0. The van der Waals surface area contributed by atoms with Crippen molar-refractivity contribution in [3.05, 3.63) is 63.7 Å². The van der Waals surface area contributed by atoms with Crippen LogP contribution in [0.2, 0.25) is 0 Å². The molecule has 0 saturated carbocycles. The van der Waals surface area contributed by atoms with Crippen molar-refractivity contribution in [1.82, 2.24) is 9.66 Å². The molecule has 0 aliphatic rings. The number of fused-ring (bicyclic) bond motifs is 1. The zero-order chi connectivity index (χ0) is 21.0. The van der Waals surface area contributed by atoms with Crippen LogP contribution in [0.3, 0.4) is 0 Å². The summed E-state index contributed by atoms with van der Waals surface area (Å²) in [5, 5.41) is 5.00. The molecule has 0 bridgehead atoms. The third-order valence-corrected chi connectivity index (χ3v) is 6.09. The lowest BCUT2D eigenvalue weighted by Gasteiger charge is -2.10. The molecule has 148 valence electrons. The molecule has 3 rings (SSSR count). The molecule has 1 heterocycles. The van der Waals surface area contributed by atoms with Crippen molar-refractivity contribution >= 4 is 78.2 Å². The zero-order valence-corrected chi connectivity index (χ0v) is 21.4. The van der Waals surface area contributed by atoms with Crippen LogP contribution >= 0.6 is 61.1 Å². The Bertz CT molecular complexity index is 1180. The molecule has 29 heavy (non-hydrogen) atoms. The summed E-state index contributed by atoms with van der Waals surface area (Å²) in [7, 11) is 0. The molecule has 1 aromatic heterocycles. The minimum Gasteiger partial charge on any atom is -0.479 e. The summed E-state index contributed by atoms with van der Waals surface area (Å²) < 4.78 is 9.66. The number of aryl methyl sites for hydroxylation is 1. The molecule has 0 atom stereocenters. The van der Waals surface area contributed by atoms with Crippen molar-refractivity contribution in [2.75, 3.05) is 6.61 Å². The van der Waals surface area contributed by atoms with Crippen molar-refractivity contribution in [2.45, 2.75) is 19.8 Å². The number of ether oxygens (including phenoxy) is 1. The van der Waals surface area contributed by atoms with Crippen LogP contribution < -0.4 is 10.3 Å². The highest BCUT2D eigenvalue weighted by Gasteiger charge is 2.11. The number of hydrogen-bond donors (Lipinski definition) is 0. The van der Waals surface area contributed by atoms with Crippen LogP contribution in [0.4, 0.5) is 0 Å². The van der Waals surface area contributed by atoms with E-state index in [0.29, 0.717) is 23.1 Å². The minimum atomic E-state index is -0.186. The first-order valence-corrected chi connectivity index (χ1v) is 11.7. The first-order chi connectivity index (χ1) is 13.9. The van der Waals surface area contributed by atoms with Gasteiger partial charge in [-0.15, -0.1) is 6.42 Å². The van der Waals surface area contributed by atoms with E-state index in [-0.39, 0.29) is 12.2 Å². The van der Waals surface area contributed by atoms with E-state index in [1.807, 2.05) is 31.2 Å². The standard InChI is InChI=1S/C21H16BrI2N3O2/c1-3-5-19-26-18-7-6-14(22)11-15(18)21(28)27(19)25-12-13-9-16(23)20(17(24)10-13)29-8-4-2/h2,6-7,9-12H,3,5,8H2,1H3. The van der Waals surface area contributed by atoms with E-state index in [9.17, 15) is 4.79 Å². The minimum absolute atomic E-state index is 0.186. The first-order valence-electron chi connectivity index (χ1n) is 8.75. The molecule has 0 fully saturated rings. The third kappa shape index (κ3) is 5.19. The van der Waals surface area contributed by atoms with Gasteiger partial charge < -0.3 is 4.74 Å².